The van der Waals surface area contributed by atoms with Crippen LogP contribution in [0.3, 0.4) is 0 Å². The molecule has 3 N–H and O–H groups in total. The van der Waals surface area contributed by atoms with Crippen LogP contribution in [0.25, 0.3) is 0 Å². The molecule has 0 aliphatic heterocycles. The molecule has 0 saturated carbocycles. The molecule has 0 heterocycles. The Labute approximate surface area is 125 Å². The van der Waals surface area contributed by atoms with Crippen molar-refractivity contribution < 1.29 is 14.7 Å². The molecular formula is C13H12Cl2N2O3. The Balaban J connectivity index is 2.15. The molecule has 1 aromatic rings. The lowest BCUT2D eigenvalue weighted by Gasteiger charge is -2.15. The summed E-state index contributed by atoms with van der Waals surface area (Å²) in [5.74, 6) is -1.22. The molecule has 0 unspecified atom stereocenters. The van der Waals surface area contributed by atoms with Crippen LogP contribution in [0.1, 0.15) is 23.2 Å². The predicted octanol–water partition coefficient (Wildman–Crippen LogP) is 3.53. The van der Waals surface area contributed by atoms with E-state index < -0.39 is 12.0 Å². The number of anilines is 1. The molecule has 1 aliphatic carbocycles. The van der Waals surface area contributed by atoms with Gasteiger partial charge in [-0.15, -0.1) is 0 Å². The Hall–Kier alpha value is -1.72. The minimum Gasteiger partial charge on any atom is -0.478 e. The van der Waals surface area contributed by atoms with E-state index in [1.807, 2.05) is 12.2 Å². The van der Waals surface area contributed by atoms with Gasteiger partial charge in [0.1, 0.15) is 0 Å². The monoisotopic (exact) mass is 314 g/mol. The molecular weight excluding hydrogens is 303 g/mol. The van der Waals surface area contributed by atoms with Crippen LogP contribution in [0, 0.1) is 0 Å². The second-order valence-electron chi connectivity index (χ2n) is 4.35. The van der Waals surface area contributed by atoms with Gasteiger partial charge < -0.3 is 15.7 Å². The quantitative estimate of drug-likeness (QED) is 0.747. The third-order valence-electron chi connectivity index (χ3n) is 2.87. The van der Waals surface area contributed by atoms with Crippen molar-refractivity contribution in [2.75, 3.05) is 5.32 Å². The van der Waals surface area contributed by atoms with E-state index in [9.17, 15) is 9.59 Å². The highest BCUT2D eigenvalue weighted by molar-refractivity contribution is 6.37. The van der Waals surface area contributed by atoms with E-state index in [0.717, 1.165) is 12.8 Å². The van der Waals surface area contributed by atoms with E-state index in [2.05, 4.69) is 10.6 Å². The SMILES string of the molecule is O=C(Nc1c(Cl)cc(Cl)cc1C(=O)O)NC1CC=CC1. The van der Waals surface area contributed by atoms with Gasteiger partial charge in [-0.3, -0.25) is 0 Å². The van der Waals surface area contributed by atoms with Gasteiger partial charge >= 0.3 is 12.0 Å². The zero-order valence-corrected chi connectivity index (χ0v) is 11.8. The molecule has 0 bridgehead atoms. The summed E-state index contributed by atoms with van der Waals surface area (Å²) in [4.78, 5) is 23.0. The van der Waals surface area contributed by atoms with Crippen molar-refractivity contribution >= 4 is 40.9 Å². The summed E-state index contributed by atoms with van der Waals surface area (Å²) in [6.45, 7) is 0. The number of halogens is 2. The highest BCUT2D eigenvalue weighted by atomic mass is 35.5. The first kappa shape index (κ1) is 14.7. The fourth-order valence-electron chi connectivity index (χ4n) is 1.94. The van der Waals surface area contributed by atoms with E-state index in [0.29, 0.717) is 0 Å². The summed E-state index contributed by atoms with van der Waals surface area (Å²) < 4.78 is 0. The van der Waals surface area contributed by atoms with Gasteiger partial charge in [0.25, 0.3) is 0 Å². The Bertz CT molecular complexity index is 579. The van der Waals surface area contributed by atoms with Crippen molar-refractivity contribution in [2.45, 2.75) is 18.9 Å². The molecule has 7 heteroatoms. The summed E-state index contributed by atoms with van der Waals surface area (Å²) in [5, 5.41) is 14.6. The fraction of sp³-hybridized carbons (Fsp3) is 0.231. The highest BCUT2D eigenvalue weighted by Crippen LogP contribution is 2.30. The molecule has 0 spiro atoms. The fourth-order valence-corrected chi connectivity index (χ4v) is 2.48. The molecule has 20 heavy (non-hydrogen) atoms. The Morgan fingerprint density at radius 2 is 1.85 bits per heavy atom. The number of hydrogen-bond donors (Lipinski definition) is 3. The maximum absolute atomic E-state index is 11.8. The van der Waals surface area contributed by atoms with E-state index in [-0.39, 0.29) is 27.3 Å². The van der Waals surface area contributed by atoms with Gasteiger partial charge in [0.15, 0.2) is 0 Å². The average molecular weight is 315 g/mol. The maximum Gasteiger partial charge on any atom is 0.337 e. The third kappa shape index (κ3) is 3.43. The van der Waals surface area contributed by atoms with Crippen LogP contribution in [0.4, 0.5) is 10.5 Å². The van der Waals surface area contributed by atoms with Crippen molar-refractivity contribution in [3.8, 4) is 0 Å². The number of hydrogen-bond acceptors (Lipinski definition) is 2. The summed E-state index contributed by atoms with van der Waals surface area (Å²) >= 11 is 11.7. The first-order chi connectivity index (χ1) is 9.47. The van der Waals surface area contributed by atoms with Gasteiger partial charge in [-0.1, -0.05) is 35.4 Å². The summed E-state index contributed by atoms with van der Waals surface area (Å²) in [5.41, 5.74) is -0.116. The van der Waals surface area contributed by atoms with Gasteiger partial charge in [0.2, 0.25) is 0 Å². The number of urea groups is 1. The summed E-state index contributed by atoms with van der Waals surface area (Å²) in [7, 11) is 0. The number of carbonyl (C=O) groups excluding carboxylic acids is 1. The molecule has 0 radical (unpaired) electrons. The first-order valence-corrected chi connectivity index (χ1v) is 6.68. The van der Waals surface area contributed by atoms with Gasteiger partial charge in [0, 0.05) is 11.1 Å². The first-order valence-electron chi connectivity index (χ1n) is 5.92. The van der Waals surface area contributed by atoms with Crippen LogP contribution in [-0.4, -0.2) is 23.1 Å². The smallest absolute Gasteiger partial charge is 0.337 e. The third-order valence-corrected chi connectivity index (χ3v) is 3.38. The van der Waals surface area contributed by atoms with Crippen molar-refractivity contribution in [1.82, 2.24) is 5.32 Å². The van der Waals surface area contributed by atoms with E-state index >= 15 is 0 Å². The Morgan fingerprint density at radius 1 is 1.20 bits per heavy atom. The van der Waals surface area contributed by atoms with E-state index in [1.165, 1.54) is 12.1 Å². The van der Waals surface area contributed by atoms with Gasteiger partial charge in [-0.2, -0.15) is 0 Å². The molecule has 1 aromatic carbocycles. The van der Waals surface area contributed by atoms with Crippen molar-refractivity contribution in [1.29, 1.82) is 0 Å². The number of amides is 2. The number of nitrogens with one attached hydrogen (secondary N) is 2. The predicted molar refractivity (Wildman–Crippen MR) is 77.7 cm³/mol. The number of carboxylic acids is 1. The molecule has 0 atom stereocenters. The lowest BCUT2D eigenvalue weighted by Crippen LogP contribution is -2.36. The largest absolute Gasteiger partial charge is 0.478 e. The van der Waals surface area contributed by atoms with Gasteiger partial charge in [-0.25, -0.2) is 9.59 Å². The number of carboxylic acid groups (broad SMARTS) is 1. The van der Waals surface area contributed by atoms with Crippen LogP contribution in [0.2, 0.25) is 10.0 Å². The van der Waals surface area contributed by atoms with Crippen molar-refractivity contribution in [3.63, 3.8) is 0 Å². The van der Waals surface area contributed by atoms with Crippen molar-refractivity contribution in [3.05, 3.63) is 39.9 Å². The Morgan fingerprint density at radius 3 is 2.45 bits per heavy atom. The molecule has 2 amide bonds. The minimum absolute atomic E-state index is 0.0225. The van der Waals surface area contributed by atoms with Crippen LogP contribution >= 0.6 is 23.2 Å². The number of rotatable bonds is 3. The molecule has 106 valence electrons. The topological polar surface area (TPSA) is 78.4 Å². The normalized spacial score (nSPS) is 14.3. The molecule has 0 fully saturated rings. The number of aromatic carboxylic acids is 1. The summed E-state index contributed by atoms with van der Waals surface area (Å²) in [6.07, 6.45) is 5.47. The zero-order chi connectivity index (χ0) is 14.7. The number of carbonyl (C=O) groups is 2. The van der Waals surface area contributed by atoms with Crippen molar-refractivity contribution in [2.24, 2.45) is 0 Å². The maximum atomic E-state index is 11.8. The van der Waals surface area contributed by atoms with Crippen LogP contribution in [-0.2, 0) is 0 Å². The van der Waals surface area contributed by atoms with Crippen LogP contribution in [0.5, 0.6) is 0 Å². The second kappa shape index (κ2) is 6.15. The molecule has 5 nitrogen and oxygen atoms in total. The average Bonchev–Trinajstić information content (AvgIpc) is 2.84. The van der Waals surface area contributed by atoms with Gasteiger partial charge in [0.05, 0.1) is 16.3 Å². The summed E-state index contributed by atoms with van der Waals surface area (Å²) in [6, 6.07) is 2.14. The molecule has 0 aromatic heterocycles. The van der Waals surface area contributed by atoms with E-state index in [1.54, 1.807) is 0 Å². The zero-order valence-electron chi connectivity index (χ0n) is 10.3. The lowest BCUT2D eigenvalue weighted by molar-refractivity contribution is 0.0698. The second-order valence-corrected chi connectivity index (χ2v) is 5.20. The van der Waals surface area contributed by atoms with Gasteiger partial charge in [-0.05, 0) is 25.0 Å². The van der Waals surface area contributed by atoms with Crippen LogP contribution < -0.4 is 10.6 Å². The molecule has 0 saturated heterocycles. The Kier molecular flexibility index (Phi) is 4.52. The molecule has 2 rings (SSSR count). The minimum atomic E-state index is -1.22. The molecule has 1 aliphatic rings. The lowest BCUT2D eigenvalue weighted by atomic mass is 10.2. The highest BCUT2D eigenvalue weighted by Gasteiger charge is 2.19. The number of benzene rings is 1. The van der Waals surface area contributed by atoms with E-state index in [4.69, 9.17) is 28.3 Å². The van der Waals surface area contributed by atoms with Crippen LogP contribution in [0.15, 0.2) is 24.3 Å². The standard InChI is InChI=1S/C13H12Cl2N2O3/c14-7-5-9(12(18)19)11(10(15)6-7)17-13(20)16-8-3-1-2-4-8/h1-2,5-6,8H,3-4H2,(H,18,19)(H2,16,17,20).